The highest BCUT2D eigenvalue weighted by atomic mass is 35.5. The molecule has 2 aromatic carbocycles. The molecule has 9 heteroatoms. The number of hydrogen-bond acceptors (Lipinski definition) is 7. The van der Waals surface area contributed by atoms with Crippen molar-refractivity contribution >= 4 is 23.3 Å². The molecule has 0 unspecified atom stereocenters. The van der Waals surface area contributed by atoms with E-state index in [0.29, 0.717) is 33.8 Å². The normalized spacial score (nSPS) is 10.6. The van der Waals surface area contributed by atoms with Crippen molar-refractivity contribution in [1.82, 2.24) is 10.1 Å². The summed E-state index contributed by atoms with van der Waals surface area (Å²) in [7, 11) is 4.61. The van der Waals surface area contributed by atoms with Crippen molar-refractivity contribution in [2.24, 2.45) is 0 Å². The van der Waals surface area contributed by atoms with E-state index in [1.54, 1.807) is 66.9 Å². The van der Waals surface area contributed by atoms with Crippen LogP contribution in [0.2, 0.25) is 5.02 Å². The van der Waals surface area contributed by atoms with Crippen LogP contribution in [0.15, 0.2) is 71.4 Å². The van der Waals surface area contributed by atoms with Crippen LogP contribution in [0.1, 0.15) is 16.1 Å². The molecule has 2 aromatic heterocycles. The van der Waals surface area contributed by atoms with E-state index in [2.05, 4.69) is 10.1 Å². The van der Waals surface area contributed by atoms with Crippen LogP contribution in [-0.4, -0.2) is 37.4 Å². The molecule has 2 heterocycles. The van der Waals surface area contributed by atoms with Crippen molar-refractivity contribution in [2.75, 3.05) is 26.2 Å². The van der Waals surface area contributed by atoms with Gasteiger partial charge in [-0.3, -0.25) is 9.69 Å². The summed E-state index contributed by atoms with van der Waals surface area (Å²) in [5.41, 5.74) is 1.64. The molecule has 1 amide bonds. The van der Waals surface area contributed by atoms with Gasteiger partial charge in [-0.25, -0.2) is 4.98 Å². The number of methoxy groups -OCH3 is 3. The number of aromatic nitrogens is 2. The number of amides is 1. The van der Waals surface area contributed by atoms with Crippen LogP contribution < -0.4 is 19.1 Å². The summed E-state index contributed by atoms with van der Waals surface area (Å²) >= 11 is 5.96. The van der Waals surface area contributed by atoms with E-state index in [9.17, 15) is 4.79 Å². The second-order valence-electron chi connectivity index (χ2n) is 7.20. The maximum atomic E-state index is 13.5. The smallest absolute Gasteiger partial charge is 0.281 e. The summed E-state index contributed by atoms with van der Waals surface area (Å²) in [6.07, 6.45) is 1.62. The van der Waals surface area contributed by atoms with Gasteiger partial charge in [-0.2, -0.15) is 0 Å². The van der Waals surface area contributed by atoms with Gasteiger partial charge in [-0.15, -0.1) is 0 Å². The first-order valence-corrected chi connectivity index (χ1v) is 10.7. The molecule has 4 aromatic rings. The van der Waals surface area contributed by atoms with Gasteiger partial charge in [0.05, 0.1) is 27.9 Å². The second-order valence-corrected chi connectivity index (χ2v) is 7.63. The van der Waals surface area contributed by atoms with Gasteiger partial charge < -0.3 is 18.7 Å². The minimum absolute atomic E-state index is 0.142. The van der Waals surface area contributed by atoms with Gasteiger partial charge in [0.1, 0.15) is 5.82 Å². The number of hydrogen-bond donors (Lipinski definition) is 0. The van der Waals surface area contributed by atoms with Crippen LogP contribution in [0.4, 0.5) is 5.82 Å². The molecular weight excluding hydrogens is 458 g/mol. The molecule has 0 N–H and O–H groups in total. The minimum Gasteiger partial charge on any atom is -0.493 e. The Labute approximate surface area is 201 Å². The Kier molecular flexibility index (Phi) is 6.98. The lowest BCUT2D eigenvalue weighted by molar-refractivity contribution is 0.0975. The Morgan fingerprint density at radius 2 is 1.68 bits per heavy atom. The number of rotatable bonds is 8. The van der Waals surface area contributed by atoms with Gasteiger partial charge >= 0.3 is 0 Å². The standard InChI is InChI=1S/C25H22ClN3O5/c1-31-21-12-16(13-22(32-2)24(21)33-3)15-29(23-6-4-5-11-27-23)25(30)19-14-20(34-28-19)17-7-9-18(26)10-8-17/h4-14H,15H2,1-3H3. The quantitative estimate of drug-likeness (QED) is 0.340. The third kappa shape index (κ3) is 4.82. The molecule has 0 aliphatic heterocycles. The SMILES string of the molecule is COc1cc(CN(C(=O)c2cc(-c3ccc(Cl)cc3)on2)c2ccccn2)cc(OC)c1OC. The average molecular weight is 480 g/mol. The molecule has 0 fully saturated rings. The highest BCUT2D eigenvalue weighted by Gasteiger charge is 2.24. The van der Waals surface area contributed by atoms with E-state index >= 15 is 0 Å². The average Bonchev–Trinajstić information content (AvgIpc) is 3.37. The molecule has 0 saturated carbocycles. The monoisotopic (exact) mass is 479 g/mol. The lowest BCUT2D eigenvalue weighted by Crippen LogP contribution is -2.31. The fraction of sp³-hybridized carbons (Fsp3) is 0.160. The Hall–Kier alpha value is -4.04. The minimum atomic E-state index is -0.378. The fourth-order valence-corrected chi connectivity index (χ4v) is 3.57. The predicted molar refractivity (Wildman–Crippen MR) is 128 cm³/mol. The highest BCUT2D eigenvalue weighted by molar-refractivity contribution is 6.30. The Morgan fingerprint density at radius 3 is 2.26 bits per heavy atom. The van der Waals surface area contributed by atoms with E-state index in [1.807, 2.05) is 0 Å². The lowest BCUT2D eigenvalue weighted by atomic mass is 10.1. The first kappa shape index (κ1) is 23.1. The number of anilines is 1. The molecule has 0 bridgehead atoms. The molecule has 0 aliphatic rings. The van der Waals surface area contributed by atoms with Gasteiger partial charge in [0.25, 0.3) is 5.91 Å². The van der Waals surface area contributed by atoms with Crippen molar-refractivity contribution in [1.29, 1.82) is 0 Å². The van der Waals surface area contributed by atoms with Gasteiger partial charge in [0.2, 0.25) is 5.75 Å². The third-order valence-corrected chi connectivity index (χ3v) is 5.35. The molecule has 174 valence electrons. The maximum absolute atomic E-state index is 13.5. The summed E-state index contributed by atoms with van der Waals surface area (Å²) in [5, 5.41) is 4.60. The van der Waals surface area contributed by atoms with Crippen LogP contribution in [0.25, 0.3) is 11.3 Å². The first-order chi connectivity index (χ1) is 16.5. The van der Waals surface area contributed by atoms with Gasteiger partial charge in [0, 0.05) is 22.8 Å². The largest absolute Gasteiger partial charge is 0.493 e. The Morgan fingerprint density at radius 1 is 0.971 bits per heavy atom. The van der Waals surface area contributed by atoms with E-state index in [1.165, 1.54) is 26.2 Å². The van der Waals surface area contributed by atoms with Crippen molar-refractivity contribution < 1.29 is 23.5 Å². The first-order valence-electron chi connectivity index (χ1n) is 10.3. The van der Waals surface area contributed by atoms with Crippen LogP contribution in [0, 0.1) is 0 Å². The van der Waals surface area contributed by atoms with Crippen molar-refractivity contribution in [3.8, 4) is 28.6 Å². The van der Waals surface area contributed by atoms with Gasteiger partial charge in [-0.1, -0.05) is 22.8 Å². The van der Waals surface area contributed by atoms with Crippen molar-refractivity contribution in [3.05, 3.63) is 83.1 Å². The summed E-state index contributed by atoms with van der Waals surface area (Å²) in [6, 6.07) is 17.6. The summed E-state index contributed by atoms with van der Waals surface area (Å²) in [6.45, 7) is 0.176. The molecule has 0 spiro atoms. The van der Waals surface area contributed by atoms with E-state index in [0.717, 1.165) is 11.1 Å². The third-order valence-electron chi connectivity index (χ3n) is 5.09. The van der Waals surface area contributed by atoms with E-state index < -0.39 is 0 Å². The maximum Gasteiger partial charge on any atom is 0.281 e. The molecule has 0 saturated heterocycles. The van der Waals surface area contributed by atoms with Crippen molar-refractivity contribution in [2.45, 2.75) is 6.54 Å². The molecule has 0 radical (unpaired) electrons. The fourth-order valence-electron chi connectivity index (χ4n) is 3.44. The number of carbonyl (C=O) groups is 1. The predicted octanol–water partition coefficient (Wildman–Crippen LogP) is 5.26. The Bertz CT molecular complexity index is 1250. The number of pyridine rings is 1. The number of nitrogens with zero attached hydrogens (tertiary/aromatic N) is 3. The van der Waals surface area contributed by atoms with Gasteiger partial charge in [-0.05, 0) is 54.1 Å². The molecule has 0 aliphatic carbocycles. The lowest BCUT2D eigenvalue weighted by Gasteiger charge is -2.22. The highest BCUT2D eigenvalue weighted by Crippen LogP contribution is 2.38. The number of carbonyl (C=O) groups excluding carboxylic acids is 1. The number of ether oxygens (including phenoxy) is 3. The van der Waals surface area contributed by atoms with Gasteiger partial charge in [0.15, 0.2) is 23.0 Å². The van der Waals surface area contributed by atoms with Crippen molar-refractivity contribution in [3.63, 3.8) is 0 Å². The summed E-state index contributed by atoms with van der Waals surface area (Å²) < 4.78 is 21.7. The molecule has 8 nitrogen and oxygen atoms in total. The van der Waals surface area contributed by atoms with Crippen LogP contribution in [0.3, 0.4) is 0 Å². The topological polar surface area (TPSA) is 86.9 Å². The second kappa shape index (κ2) is 10.3. The molecule has 34 heavy (non-hydrogen) atoms. The number of halogens is 1. The molecule has 4 rings (SSSR count). The van der Waals surface area contributed by atoms with E-state index in [4.69, 9.17) is 30.3 Å². The zero-order chi connectivity index (χ0) is 24.1. The van der Waals surface area contributed by atoms with Crippen LogP contribution in [-0.2, 0) is 6.54 Å². The van der Waals surface area contributed by atoms with E-state index in [-0.39, 0.29) is 18.1 Å². The van der Waals surface area contributed by atoms with Crippen LogP contribution in [0.5, 0.6) is 17.2 Å². The molecular formula is C25H22ClN3O5. The Balaban J connectivity index is 1.69. The molecule has 0 atom stereocenters. The zero-order valence-electron chi connectivity index (χ0n) is 18.8. The summed E-state index contributed by atoms with van der Waals surface area (Å²) in [4.78, 5) is 19.4. The summed E-state index contributed by atoms with van der Waals surface area (Å²) in [5.74, 6) is 1.96. The van der Waals surface area contributed by atoms with Crippen LogP contribution >= 0.6 is 11.6 Å². The number of benzene rings is 2. The zero-order valence-corrected chi connectivity index (χ0v) is 19.6.